The van der Waals surface area contributed by atoms with E-state index in [1.165, 1.54) is 0 Å². The average Bonchev–Trinajstić information content (AvgIpc) is 2.39. The van der Waals surface area contributed by atoms with Gasteiger partial charge in [-0.25, -0.2) is 4.39 Å². The second kappa shape index (κ2) is 6.16. The van der Waals surface area contributed by atoms with E-state index < -0.39 is 0 Å². The fourth-order valence-electron chi connectivity index (χ4n) is 2.11. The summed E-state index contributed by atoms with van der Waals surface area (Å²) < 4.78 is 15.7. The van der Waals surface area contributed by atoms with Crippen LogP contribution in [0.1, 0.15) is 22.7 Å². The van der Waals surface area contributed by atoms with Crippen LogP contribution < -0.4 is 5.32 Å². The minimum atomic E-state index is -0.227. The normalized spacial score (nSPS) is 12.5. The number of nitrogens with one attached hydrogen (secondary N) is 1. The molecule has 0 fully saturated rings. The van der Waals surface area contributed by atoms with E-state index in [0.29, 0.717) is 10.0 Å². The van der Waals surface area contributed by atoms with Gasteiger partial charge >= 0.3 is 0 Å². The van der Waals surface area contributed by atoms with Crippen LogP contribution in [0.4, 0.5) is 4.39 Å². The van der Waals surface area contributed by atoms with Crippen molar-refractivity contribution in [2.45, 2.75) is 13.0 Å². The van der Waals surface area contributed by atoms with Gasteiger partial charge in [-0.3, -0.25) is 0 Å². The van der Waals surface area contributed by atoms with E-state index in [2.05, 4.69) is 43.2 Å². The van der Waals surface area contributed by atoms with E-state index in [1.807, 2.05) is 32.2 Å². The molecule has 0 radical (unpaired) electrons. The predicted octanol–water partition coefficient (Wildman–Crippen LogP) is 4.97. The fraction of sp³-hybridized carbons (Fsp3) is 0.200. The van der Waals surface area contributed by atoms with Crippen molar-refractivity contribution < 1.29 is 4.39 Å². The van der Waals surface area contributed by atoms with Crippen molar-refractivity contribution in [3.05, 3.63) is 67.9 Å². The smallest absolute Gasteiger partial charge is 0.142 e. The lowest BCUT2D eigenvalue weighted by Crippen LogP contribution is -2.19. The molecule has 0 aromatic heterocycles. The van der Waals surface area contributed by atoms with Gasteiger partial charge in [0.1, 0.15) is 5.82 Å². The van der Waals surface area contributed by atoms with Crippen molar-refractivity contribution in [2.75, 3.05) is 7.05 Å². The van der Waals surface area contributed by atoms with Crippen LogP contribution in [0.3, 0.4) is 0 Å². The lowest BCUT2D eigenvalue weighted by Gasteiger charge is -2.20. The quantitative estimate of drug-likeness (QED) is 0.785. The predicted molar refractivity (Wildman–Crippen MR) is 83.9 cm³/mol. The Balaban J connectivity index is 2.56. The molecular weight excluding hydrogens is 373 g/mol. The standard InChI is InChI=1S/C15H14Br2FN/c1-9-6-7-12(16)11(8-9)15(19-2)10-4-3-5-13(17)14(10)18/h3-8,15,19H,1-2H3. The van der Waals surface area contributed by atoms with Crippen LogP contribution in [0.5, 0.6) is 0 Å². The van der Waals surface area contributed by atoms with Gasteiger partial charge in [-0.2, -0.15) is 0 Å². The minimum Gasteiger partial charge on any atom is -0.309 e. The Kier molecular flexibility index (Phi) is 4.76. The zero-order chi connectivity index (χ0) is 14.0. The van der Waals surface area contributed by atoms with E-state index in [1.54, 1.807) is 12.1 Å². The van der Waals surface area contributed by atoms with Crippen LogP contribution >= 0.6 is 31.9 Å². The highest BCUT2D eigenvalue weighted by Gasteiger charge is 2.19. The van der Waals surface area contributed by atoms with Crippen LogP contribution in [0.15, 0.2) is 45.3 Å². The number of hydrogen-bond acceptors (Lipinski definition) is 1. The Hall–Kier alpha value is -0.710. The summed E-state index contributed by atoms with van der Waals surface area (Å²) in [5.74, 6) is -0.227. The molecule has 0 spiro atoms. The van der Waals surface area contributed by atoms with Gasteiger partial charge in [-0.05, 0) is 47.6 Å². The third-order valence-corrected chi connectivity index (χ3v) is 4.38. The molecule has 1 N–H and O–H groups in total. The molecule has 2 aromatic rings. The molecule has 100 valence electrons. The highest BCUT2D eigenvalue weighted by atomic mass is 79.9. The summed E-state index contributed by atoms with van der Waals surface area (Å²) in [7, 11) is 1.83. The lowest BCUT2D eigenvalue weighted by atomic mass is 9.97. The maximum atomic E-state index is 14.3. The molecule has 1 atom stereocenters. The second-order valence-electron chi connectivity index (χ2n) is 4.39. The molecular formula is C15H14Br2FN. The summed E-state index contributed by atoms with van der Waals surface area (Å²) in [5.41, 5.74) is 2.80. The molecule has 0 amide bonds. The van der Waals surface area contributed by atoms with Crippen LogP contribution in [0, 0.1) is 12.7 Å². The maximum Gasteiger partial charge on any atom is 0.142 e. The van der Waals surface area contributed by atoms with Gasteiger partial charge in [0.2, 0.25) is 0 Å². The average molecular weight is 387 g/mol. The molecule has 0 saturated carbocycles. The van der Waals surface area contributed by atoms with Crippen LogP contribution in [-0.2, 0) is 0 Å². The molecule has 0 aliphatic carbocycles. The molecule has 0 heterocycles. The van der Waals surface area contributed by atoms with Crippen molar-refractivity contribution in [3.8, 4) is 0 Å². The Morgan fingerprint density at radius 2 is 1.79 bits per heavy atom. The molecule has 1 unspecified atom stereocenters. The summed E-state index contributed by atoms with van der Waals surface area (Å²) in [6, 6.07) is 11.2. The van der Waals surface area contributed by atoms with Gasteiger partial charge in [0.15, 0.2) is 0 Å². The maximum absolute atomic E-state index is 14.3. The van der Waals surface area contributed by atoms with Gasteiger partial charge in [-0.15, -0.1) is 0 Å². The van der Waals surface area contributed by atoms with Crippen molar-refractivity contribution in [2.24, 2.45) is 0 Å². The Morgan fingerprint density at radius 1 is 1.05 bits per heavy atom. The molecule has 1 nitrogen and oxygen atoms in total. The number of benzene rings is 2. The van der Waals surface area contributed by atoms with Crippen LogP contribution in [0.25, 0.3) is 0 Å². The first kappa shape index (κ1) is 14.7. The zero-order valence-corrected chi connectivity index (χ0v) is 13.8. The van der Waals surface area contributed by atoms with Crippen molar-refractivity contribution in [1.82, 2.24) is 5.32 Å². The first-order valence-corrected chi connectivity index (χ1v) is 7.50. The zero-order valence-electron chi connectivity index (χ0n) is 10.7. The molecule has 0 bridgehead atoms. The monoisotopic (exact) mass is 385 g/mol. The molecule has 2 aromatic carbocycles. The number of hydrogen-bond donors (Lipinski definition) is 1. The SMILES string of the molecule is CNC(c1cc(C)ccc1Br)c1cccc(Br)c1F. The highest BCUT2D eigenvalue weighted by Crippen LogP contribution is 2.32. The number of halogens is 3. The lowest BCUT2D eigenvalue weighted by molar-refractivity contribution is 0.570. The fourth-order valence-corrected chi connectivity index (χ4v) is 2.96. The Morgan fingerprint density at radius 3 is 2.47 bits per heavy atom. The van der Waals surface area contributed by atoms with E-state index in [-0.39, 0.29) is 11.9 Å². The highest BCUT2D eigenvalue weighted by molar-refractivity contribution is 9.10. The minimum absolute atomic E-state index is 0.188. The summed E-state index contributed by atoms with van der Waals surface area (Å²) in [5, 5.41) is 3.18. The molecule has 2 rings (SSSR count). The molecule has 19 heavy (non-hydrogen) atoms. The van der Waals surface area contributed by atoms with Gasteiger partial charge in [0, 0.05) is 10.0 Å². The van der Waals surface area contributed by atoms with Gasteiger partial charge in [0.25, 0.3) is 0 Å². The van der Waals surface area contributed by atoms with E-state index in [0.717, 1.165) is 15.6 Å². The molecule has 0 aliphatic heterocycles. The van der Waals surface area contributed by atoms with Crippen molar-refractivity contribution in [1.29, 1.82) is 0 Å². The van der Waals surface area contributed by atoms with Crippen LogP contribution in [0.2, 0.25) is 0 Å². The van der Waals surface area contributed by atoms with Crippen molar-refractivity contribution >= 4 is 31.9 Å². The van der Waals surface area contributed by atoms with E-state index in [9.17, 15) is 4.39 Å². The summed E-state index contributed by atoms with van der Waals surface area (Å²) in [6.45, 7) is 2.03. The van der Waals surface area contributed by atoms with Gasteiger partial charge in [0.05, 0.1) is 10.5 Å². The van der Waals surface area contributed by atoms with Gasteiger partial charge < -0.3 is 5.32 Å². The third kappa shape index (κ3) is 3.07. The van der Waals surface area contributed by atoms with Gasteiger partial charge in [-0.1, -0.05) is 45.8 Å². The third-order valence-electron chi connectivity index (χ3n) is 3.04. The molecule has 0 saturated heterocycles. The summed E-state index contributed by atoms with van der Waals surface area (Å²) in [6.07, 6.45) is 0. The molecule has 4 heteroatoms. The van der Waals surface area contributed by atoms with Crippen molar-refractivity contribution in [3.63, 3.8) is 0 Å². The Labute approximate surface area is 129 Å². The number of aryl methyl sites for hydroxylation is 1. The first-order chi connectivity index (χ1) is 9.04. The topological polar surface area (TPSA) is 12.0 Å². The van der Waals surface area contributed by atoms with E-state index >= 15 is 0 Å². The molecule has 0 aliphatic rings. The first-order valence-electron chi connectivity index (χ1n) is 5.92. The number of rotatable bonds is 3. The van der Waals surface area contributed by atoms with Crippen LogP contribution in [-0.4, -0.2) is 7.05 Å². The summed E-state index contributed by atoms with van der Waals surface area (Å²) >= 11 is 6.77. The summed E-state index contributed by atoms with van der Waals surface area (Å²) in [4.78, 5) is 0. The largest absolute Gasteiger partial charge is 0.309 e. The van der Waals surface area contributed by atoms with E-state index in [4.69, 9.17) is 0 Å². The Bertz CT molecular complexity index is 597. The second-order valence-corrected chi connectivity index (χ2v) is 6.10.